The highest BCUT2D eigenvalue weighted by molar-refractivity contribution is 5.97. The normalized spacial score (nSPS) is 15.5. The minimum Gasteiger partial charge on any atom is -0.391 e. The molecule has 1 aliphatic carbocycles. The van der Waals surface area contributed by atoms with Gasteiger partial charge in [-0.1, -0.05) is 0 Å². The van der Waals surface area contributed by atoms with E-state index in [-0.39, 0.29) is 17.9 Å². The largest absolute Gasteiger partial charge is 0.391 e. The van der Waals surface area contributed by atoms with Gasteiger partial charge in [0.05, 0.1) is 6.10 Å². The van der Waals surface area contributed by atoms with Crippen molar-refractivity contribution in [1.29, 1.82) is 0 Å². The van der Waals surface area contributed by atoms with Crippen molar-refractivity contribution >= 4 is 11.8 Å². The summed E-state index contributed by atoms with van der Waals surface area (Å²) in [5, 5.41) is 12.7. The lowest BCUT2D eigenvalue weighted by molar-refractivity contribution is 0.0645. The van der Waals surface area contributed by atoms with Crippen molar-refractivity contribution in [2.75, 3.05) is 13.6 Å². The van der Waals surface area contributed by atoms with Gasteiger partial charge in [-0.25, -0.2) is 0 Å². The Morgan fingerprint density at radius 1 is 1.23 bits per heavy atom. The fraction of sp³-hybridized carbons (Fsp3) is 0.529. The van der Waals surface area contributed by atoms with Gasteiger partial charge in [0.25, 0.3) is 11.8 Å². The van der Waals surface area contributed by atoms with Crippen LogP contribution in [0.1, 0.15) is 47.4 Å². The maximum atomic E-state index is 12.3. The molecule has 1 fully saturated rings. The highest BCUT2D eigenvalue weighted by Gasteiger charge is 2.31. The zero-order chi connectivity index (χ0) is 16.3. The van der Waals surface area contributed by atoms with E-state index in [2.05, 4.69) is 5.32 Å². The number of aliphatic hydroxyl groups is 1. The van der Waals surface area contributed by atoms with E-state index >= 15 is 0 Å². The van der Waals surface area contributed by atoms with E-state index < -0.39 is 6.10 Å². The minimum atomic E-state index is -0.440. The van der Waals surface area contributed by atoms with Crippen LogP contribution in [-0.2, 0) is 0 Å². The van der Waals surface area contributed by atoms with Crippen LogP contribution in [0.15, 0.2) is 24.3 Å². The lowest BCUT2D eigenvalue weighted by Crippen LogP contribution is -2.35. The fourth-order valence-corrected chi connectivity index (χ4v) is 2.32. The number of carbonyl (C=O) groups is 2. The Morgan fingerprint density at radius 3 is 2.27 bits per heavy atom. The molecule has 2 amide bonds. The van der Waals surface area contributed by atoms with Crippen LogP contribution in [0, 0.1) is 5.92 Å². The standard InChI is InChI=1S/C17H24N2O3/c1-11(2)18-16(21)13-6-8-14(9-7-13)17(22)19(3)10-15(20)12-4-5-12/h6-9,11-12,15,20H,4-5,10H2,1-3H3,(H,18,21). The molecular weight excluding hydrogens is 280 g/mol. The third-order valence-corrected chi connectivity index (χ3v) is 3.79. The van der Waals surface area contributed by atoms with Gasteiger partial charge in [-0.05, 0) is 56.9 Å². The molecule has 1 aromatic rings. The van der Waals surface area contributed by atoms with Gasteiger partial charge in [-0.3, -0.25) is 9.59 Å². The average Bonchev–Trinajstić information content (AvgIpc) is 3.30. The van der Waals surface area contributed by atoms with Crippen LogP contribution < -0.4 is 5.32 Å². The SMILES string of the molecule is CC(C)NC(=O)c1ccc(C(=O)N(C)CC(O)C2CC2)cc1. The zero-order valence-corrected chi connectivity index (χ0v) is 13.4. The van der Waals surface area contributed by atoms with Crippen molar-refractivity contribution < 1.29 is 14.7 Å². The summed E-state index contributed by atoms with van der Waals surface area (Å²) in [7, 11) is 1.69. The van der Waals surface area contributed by atoms with Crippen molar-refractivity contribution in [1.82, 2.24) is 10.2 Å². The van der Waals surface area contributed by atoms with Gasteiger partial charge in [0.1, 0.15) is 0 Å². The molecule has 1 saturated carbocycles. The third-order valence-electron chi connectivity index (χ3n) is 3.79. The van der Waals surface area contributed by atoms with Crippen LogP contribution in [0.3, 0.4) is 0 Å². The van der Waals surface area contributed by atoms with E-state index in [1.807, 2.05) is 13.8 Å². The number of rotatable bonds is 6. The molecule has 0 spiro atoms. The van der Waals surface area contributed by atoms with Gasteiger partial charge in [0.15, 0.2) is 0 Å². The van der Waals surface area contributed by atoms with Crippen molar-refractivity contribution in [2.45, 2.75) is 38.8 Å². The zero-order valence-electron chi connectivity index (χ0n) is 13.4. The molecular formula is C17H24N2O3. The summed E-state index contributed by atoms with van der Waals surface area (Å²) >= 11 is 0. The van der Waals surface area contributed by atoms with E-state index in [1.165, 1.54) is 4.90 Å². The molecule has 0 saturated heterocycles. The van der Waals surface area contributed by atoms with E-state index in [0.717, 1.165) is 12.8 Å². The molecule has 5 heteroatoms. The topological polar surface area (TPSA) is 69.6 Å². The van der Waals surface area contributed by atoms with E-state index in [1.54, 1.807) is 31.3 Å². The molecule has 1 unspecified atom stereocenters. The molecule has 0 aromatic heterocycles. The first kappa shape index (κ1) is 16.5. The third kappa shape index (κ3) is 4.31. The Balaban J connectivity index is 1.96. The first-order chi connectivity index (χ1) is 10.4. The highest BCUT2D eigenvalue weighted by Crippen LogP contribution is 2.32. The molecule has 0 radical (unpaired) electrons. The molecule has 1 atom stereocenters. The van der Waals surface area contributed by atoms with Crippen molar-refractivity contribution in [3.8, 4) is 0 Å². The monoisotopic (exact) mass is 304 g/mol. The number of hydrogen-bond donors (Lipinski definition) is 2. The number of nitrogens with one attached hydrogen (secondary N) is 1. The predicted octanol–water partition coefficient (Wildman–Crippen LogP) is 1.67. The maximum Gasteiger partial charge on any atom is 0.253 e. The van der Waals surface area contributed by atoms with Crippen LogP contribution in [0.5, 0.6) is 0 Å². The summed E-state index contributed by atoms with van der Waals surface area (Å²) in [5.74, 6) is 0.0550. The second-order valence-electron chi connectivity index (χ2n) is 6.30. The lowest BCUT2D eigenvalue weighted by atomic mass is 10.1. The Kier molecular flexibility index (Phi) is 5.19. The number of nitrogens with zero attached hydrogens (tertiary/aromatic N) is 1. The second-order valence-corrected chi connectivity index (χ2v) is 6.30. The van der Waals surface area contributed by atoms with Crippen LogP contribution in [-0.4, -0.2) is 47.6 Å². The molecule has 0 aliphatic heterocycles. The van der Waals surface area contributed by atoms with Crippen molar-refractivity contribution in [2.24, 2.45) is 5.92 Å². The van der Waals surface area contributed by atoms with Crippen LogP contribution >= 0.6 is 0 Å². The fourth-order valence-electron chi connectivity index (χ4n) is 2.32. The first-order valence-electron chi connectivity index (χ1n) is 7.73. The summed E-state index contributed by atoms with van der Waals surface area (Å²) in [5.41, 5.74) is 1.05. The molecule has 120 valence electrons. The molecule has 1 aliphatic rings. The van der Waals surface area contributed by atoms with Gasteiger partial charge >= 0.3 is 0 Å². The van der Waals surface area contributed by atoms with Crippen LogP contribution in [0.25, 0.3) is 0 Å². The Morgan fingerprint density at radius 2 is 1.77 bits per heavy atom. The summed E-state index contributed by atoms with van der Waals surface area (Å²) in [6.07, 6.45) is 1.65. The van der Waals surface area contributed by atoms with Crippen LogP contribution in [0.2, 0.25) is 0 Å². The maximum absolute atomic E-state index is 12.3. The molecule has 5 nitrogen and oxygen atoms in total. The Labute approximate surface area is 131 Å². The molecule has 2 N–H and O–H groups in total. The number of benzene rings is 1. The average molecular weight is 304 g/mol. The highest BCUT2D eigenvalue weighted by atomic mass is 16.3. The van der Waals surface area contributed by atoms with E-state index in [9.17, 15) is 14.7 Å². The molecule has 1 aromatic carbocycles. The summed E-state index contributed by atoms with van der Waals surface area (Å²) < 4.78 is 0. The van der Waals surface area contributed by atoms with Gasteiger partial charge in [-0.2, -0.15) is 0 Å². The van der Waals surface area contributed by atoms with Gasteiger partial charge in [0.2, 0.25) is 0 Å². The number of carbonyl (C=O) groups excluding carboxylic acids is 2. The summed E-state index contributed by atoms with van der Waals surface area (Å²) in [6, 6.07) is 6.67. The quantitative estimate of drug-likeness (QED) is 0.840. The molecule has 2 rings (SSSR count). The second kappa shape index (κ2) is 6.92. The summed E-state index contributed by atoms with van der Waals surface area (Å²) in [4.78, 5) is 25.7. The molecule has 0 heterocycles. The van der Waals surface area contributed by atoms with Gasteiger partial charge in [0, 0.05) is 30.8 Å². The Hall–Kier alpha value is -1.88. The molecule has 0 bridgehead atoms. The number of likely N-dealkylation sites (N-methyl/N-ethyl adjacent to an activating group) is 1. The first-order valence-corrected chi connectivity index (χ1v) is 7.73. The molecule has 22 heavy (non-hydrogen) atoms. The van der Waals surface area contributed by atoms with Crippen molar-refractivity contribution in [3.05, 3.63) is 35.4 Å². The lowest BCUT2D eigenvalue weighted by Gasteiger charge is -2.21. The number of hydrogen-bond acceptors (Lipinski definition) is 3. The van der Waals surface area contributed by atoms with Crippen molar-refractivity contribution in [3.63, 3.8) is 0 Å². The van der Waals surface area contributed by atoms with E-state index in [4.69, 9.17) is 0 Å². The van der Waals surface area contributed by atoms with Gasteiger partial charge < -0.3 is 15.3 Å². The predicted molar refractivity (Wildman–Crippen MR) is 84.7 cm³/mol. The number of amides is 2. The number of aliphatic hydroxyl groups excluding tert-OH is 1. The smallest absolute Gasteiger partial charge is 0.253 e. The van der Waals surface area contributed by atoms with E-state index in [0.29, 0.717) is 23.6 Å². The Bertz CT molecular complexity index is 535. The van der Waals surface area contributed by atoms with Crippen LogP contribution in [0.4, 0.5) is 0 Å². The summed E-state index contributed by atoms with van der Waals surface area (Å²) in [6.45, 7) is 4.14. The minimum absolute atomic E-state index is 0.0730. The van der Waals surface area contributed by atoms with Gasteiger partial charge in [-0.15, -0.1) is 0 Å².